The number of nitrogens with one attached hydrogen (secondary N) is 1. The van der Waals surface area contributed by atoms with E-state index in [9.17, 15) is 14.4 Å². The van der Waals surface area contributed by atoms with Gasteiger partial charge < -0.3 is 19.5 Å². The van der Waals surface area contributed by atoms with Crippen LogP contribution in [0, 0.1) is 0 Å². The second kappa shape index (κ2) is 8.22. The predicted octanol–water partition coefficient (Wildman–Crippen LogP) is 2.66. The van der Waals surface area contributed by atoms with Gasteiger partial charge in [-0.15, -0.1) is 0 Å². The molecule has 1 unspecified atom stereocenters. The summed E-state index contributed by atoms with van der Waals surface area (Å²) >= 11 is 0. The van der Waals surface area contributed by atoms with E-state index in [1.165, 1.54) is 26.0 Å². The number of amides is 2. The van der Waals surface area contributed by atoms with Crippen LogP contribution in [0.1, 0.15) is 24.2 Å². The lowest BCUT2D eigenvalue weighted by molar-refractivity contribution is -0.125. The lowest BCUT2D eigenvalue weighted by Crippen LogP contribution is -2.49. The zero-order chi connectivity index (χ0) is 21.1. The third-order valence-electron chi connectivity index (χ3n) is 4.68. The molecule has 0 aromatic heterocycles. The van der Waals surface area contributed by atoms with Crippen molar-refractivity contribution in [3.05, 3.63) is 42.0 Å². The first kappa shape index (κ1) is 20.2. The standard InChI is InChI=1S/C21H22N2O6/c1-12(21(26)22-16-10-15(27-3)6-8-18(16)28-4)23-17-9-14(13(2)24)5-7-19(17)29-11-20(23)25/h5-10,12H,11H2,1-4H3,(H,22,26). The molecule has 8 heteroatoms. The van der Waals surface area contributed by atoms with Crippen molar-refractivity contribution >= 4 is 29.0 Å². The lowest BCUT2D eigenvalue weighted by Gasteiger charge is -2.33. The van der Waals surface area contributed by atoms with Crippen molar-refractivity contribution in [3.63, 3.8) is 0 Å². The SMILES string of the molecule is COc1ccc(OC)c(NC(=O)C(C)N2C(=O)COc3ccc(C(C)=O)cc32)c1. The second-order valence-electron chi connectivity index (χ2n) is 6.52. The Hall–Kier alpha value is -3.55. The smallest absolute Gasteiger partial charge is 0.265 e. The van der Waals surface area contributed by atoms with Crippen molar-refractivity contribution in [3.8, 4) is 17.2 Å². The van der Waals surface area contributed by atoms with Crippen LogP contribution < -0.4 is 24.4 Å². The van der Waals surface area contributed by atoms with E-state index in [4.69, 9.17) is 14.2 Å². The van der Waals surface area contributed by atoms with E-state index in [1.54, 1.807) is 43.3 Å². The summed E-state index contributed by atoms with van der Waals surface area (Å²) in [6.45, 7) is 2.85. The third kappa shape index (κ3) is 4.01. The molecule has 0 bridgehead atoms. The normalized spacial score (nSPS) is 13.8. The molecular weight excluding hydrogens is 376 g/mol. The summed E-state index contributed by atoms with van der Waals surface area (Å²) in [5.41, 5.74) is 1.23. The Balaban J connectivity index is 1.91. The van der Waals surface area contributed by atoms with E-state index in [0.29, 0.717) is 34.2 Å². The largest absolute Gasteiger partial charge is 0.497 e. The molecular formula is C21H22N2O6. The minimum atomic E-state index is -0.858. The fourth-order valence-corrected chi connectivity index (χ4v) is 3.08. The molecule has 0 radical (unpaired) electrons. The quantitative estimate of drug-likeness (QED) is 0.752. The van der Waals surface area contributed by atoms with Crippen LogP contribution in [0.25, 0.3) is 0 Å². The first-order chi connectivity index (χ1) is 13.8. The monoisotopic (exact) mass is 398 g/mol. The molecule has 2 aromatic rings. The van der Waals surface area contributed by atoms with E-state index in [1.807, 2.05) is 0 Å². The number of hydrogen-bond donors (Lipinski definition) is 1. The minimum absolute atomic E-state index is 0.149. The molecule has 152 valence electrons. The lowest BCUT2D eigenvalue weighted by atomic mass is 10.1. The summed E-state index contributed by atoms with van der Waals surface area (Å²) in [5.74, 6) is 0.494. The van der Waals surface area contributed by atoms with Crippen molar-refractivity contribution in [2.75, 3.05) is 31.0 Å². The topological polar surface area (TPSA) is 94.2 Å². The number of fused-ring (bicyclic) bond motifs is 1. The number of methoxy groups -OCH3 is 2. The maximum absolute atomic E-state index is 12.9. The zero-order valence-electron chi connectivity index (χ0n) is 16.6. The van der Waals surface area contributed by atoms with Gasteiger partial charge in [0.05, 0.1) is 25.6 Å². The van der Waals surface area contributed by atoms with Crippen molar-refractivity contribution < 1.29 is 28.6 Å². The van der Waals surface area contributed by atoms with Crippen LogP contribution in [0.4, 0.5) is 11.4 Å². The summed E-state index contributed by atoms with van der Waals surface area (Å²) in [7, 11) is 3.01. The van der Waals surface area contributed by atoms with Gasteiger partial charge in [-0.25, -0.2) is 0 Å². The number of rotatable bonds is 6. The Labute approximate surface area is 168 Å². The Morgan fingerprint density at radius 2 is 1.90 bits per heavy atom. The van der Waals surface area contributed by atoms with E-state index >= 15 is 0 Å². The average molecular weight is 398 g/mol. The Morgan fingerprint density at radius 1 is 1.14 bits per heavy atom. The van der Waals surface area contributed by atoms with Crippen LogP contribution >= 0.6 is 0 Å². The maximum Gasteiger partial charge on any atom is 0.265 e. The molecule has 1 aliphatic heterocycles. The molecule has 0 aliphatic carbocycles. The molecule has 0 fully saturated rings. The van der Waals surface area contributed by atoms with Crippen LogP contribution in [-0.2, 0) is 9.59 Å². The van der Waals surface area contributed by atoms with Gasteiger partial charge in [0.15, 0.2) is 12.4 Å². The van der Waals surface area contributed by atoms with Crippen LogP contribution in [0.15, 0.2) is 36.4 Å². The van der Waals surface area contributed by atoms with Gasteiger partial charge in [0.1, 0.15) is 23.3 Å². The van der Waals surface area contributed by atoms with Crippen LogP contribution in [-0.4, -0.2) is 44.5 Å². The van der Waals surface area contributed by atoms with Crippen molar-refractivity contribution in [2.45, 2.75) is 19.9 Å². The number of carbonyl (C=O) groups excluding carboxylic acids is 3. The average Bonchev–Trinajstić information content (AvgIpc) is 2.72. The molecule has 0 spiro atoms. The molecule has 29 heavy (non-hydrogen) atoms. The summed E-state index contributed by atoms with van der Waals surface area (Å²) in [4.78, 5) is 38.6. The Morgan fingerprint density at radius 3 is 2.55 bits per heavy atom. The Kier molecular flexibility index (Phi) is 5.72. The molecule has 1 N–H and O–H groups in total. The highest BCUT2D eigenvalue weighted by atomic mass is 16.5. The van der Waals surface area contributed by atoms with Gasteiger partial charge in [-0.05, 0) is 44.2 Å². The van der Waals surface area contributed by atoms with Gasteiger partial charge in [0, 0.05) is 11.6 Å². The number of anilines is 2. The summed E-state index contributed by atoms with van der Waals surface area (Å²) in [6, 6.07) is 8.97. The summed E-state index contributed by atoms with van der Waals surface area (Å²) in [6.07, 6.45) is 0. The van der Waals surface area contributed by atoms with Gasteiger partial charge >= 0.3 is 0 Å². The fraction of sp³-hybridized carbons (Fsp3) is 0.286. The van der Waals surface area contributed by atoms with Crippen LogP contribution in [0.3, 0.4) is 0 Å². The summed E-state index contributed by atoms with van der Waals surface area (Å²) in [5, 5.41) is 2.78. The number of carbonyl (C=O) groups is 3. The molecule has 8 nitrogen and oxygen atoms in total. The zero-order valence-corrected chi connectivity index (χ0v) is 16.6. The van der Waals surface area contributed by atoms with Gasteiger partial charge in [-0.2, -0.15) is 0 Å². The second-order valence-corrected chi connectivity index (χ2v) is 6.52. The van der Waals surface area contributed by atoms with Gasteiger partial charge in [0.25, 0.3) is 5.91 Å². The Bertz CT molecular complexity index is 972. The summed E-state index contributed by atoms with van der Waals surface area (Å²) < 4.78 is 15.9. The molecule has 2 amide bonds. The van der Waals surface area contributed by atoms with Crippen molar-refractivity contribution in [1.82, 2.24) is 0 Å². The van der Waals surface area contributed by atoms with E-state index in [2.05, 4.69) is 5.32 Å². The van der Waals surface area contributed by atoms with Crippen LogP contribution in [0.5, 0.6) is 17.2 Å². The van der Waals surface area contributed by atoms with Gasteiger partial charge in [-0.3, -0.25) is 19.3 Å². The molecule has 1 heterocycles. The molecule has 0 saturated heterocycles. The van der Waals surface area contributed by atoms with E-state index < -0.39 is 11.9 Å². The highest BCUT2D eigenvalue weighted by Gasteiger charge is 2.33. The van der Waals surface area contributed by atoms with Crippen molar-refractivity contribution in [1.29, 1.82) is 0 Å². The molecule has 2 aromatic carbocycles. The van der Waals surface area contributed by atoms with E-state index in [-0.39, 0.29) is 18.3 Å². The number of benzene rings is 2. The minimum Gasteiger partial charge on any atom is -0.497 e. The van der Waals surface area contributed by atoms with E-state index in [0.717, 1.165) is 0 Å². The highest BCUT2D eigenvalue weighted by molar-refractivity contribution is 6.08. The van der Waals surface area contributed by atoms with Crippen LogP contribution in [0.2, 0.25) is 0 Å². The van der Waals surface area contributed by atoms with Gasteiger partial charge in [0.2, 0.25) is 5.91 Å². The number of nitrogens with zero attached hydrogens (tertiary/aromatic N) is 1. The third-order valence-corrected chi connectivity index (χ3v) is 4.68. The van der Waals surface area contributed by atoms with Crippen molar-refractivity contribution in [2.24, 2.45) is 0 Å². The molecule has 0 saturated carbocycles. The molecule has 3 rings (SSSR count). The predicted molar refractivity (Wildman–Crippen MR) is 107 cm³/mol. The maximum atomic E-state index is 12.9. The number of ether oxygens (including phenoxy) is 3. The molecule has 1 aliphatic rings. The number of hydrogen-bond acceptors (Lipinski definition) is 6. The number of Topliss-reactive ketones (excluding diaryl/α,β-unsaturated/α-hetero) is 1. The highest BCUT2D eigenvalue weighted by Crippen LogP contribution is 2.35. The van der Waals surface area contributed by atoms with Gasteiger partial charge in [-0.1, -0.05) is 0 Å². The fourth-order valence-electron chi connectivity index (χ4n) is 3.08. The number of ketones is 1. The first-order valence-electron chi connectivity index (χ1n) is 8.98. The molecule has 1 atom stereocenters. The first-order valence-corrected chi connectivity index (χ1v) is 8.98.